The number of hydrogen-bond donors (Lipinski definition) is 1. The number of benzene rings is 2. The standard InChI is InChI=1S/C33H36N4/c1-20-23-15-26-27(31(4,5)32(6,7)30(26,2)3)16-24(23)28-14-13-22(18-36-28)29(37-19-35)33(20,8)25-12-10-9-11-21(25)17-34/h9-16,18-20,35H,1-8H3/b35-19?,37-29-. The lowest BCUT2D eigenvalue weighted by atomic mass is 9.59. The molecular weight excluding hydrogens is 452 g/mol. The van der Waals surface area contributed by atoms with E-state index in [0.717, 1.165) is 34.4 Å². The fourth-order valence-corrected chi connectivity index (χ4v) is 6.86. The van der Waals surface area contributed by atoms with Crippen LogP contribution in [0.3, 0.4) is 0 Å². The van der Waals surface area contributed by atoms with Crippen LogP contribution in [0, 0.1) is 22.2 Å². The van der Waals surface area contributed by atoms with Gasteiger partial charge in [-0.2, -0.15) is 5.26 Å². The number of aromatic nitrogens is 1. The number of nitriles is 1. The molecule has 1 aromatic heterocycles. The molecule has 6 rings (SSSR count). The van der Waals surface area contributed by atoms with Crippen LogP contribution in [0.15, 0.2) is 59.7 Å². The Morgan fingerprint density at radius 1 is 0.919 bits per heavy atom. The molecule has 0 fully saturated rings. The first-order valence-corrected chi connectivity index (χ1v) is 13.1. The predicted molar refractivity (Wildman–Crippen MR) is 152 cm³/mol. The van der Waals surface area contributed by atoms with E-state index in [4.69, 9.17) is 10.4 Å². The summed E-state index contributed by atoms with van der Waals surface area (Å²) in [6, 6.07) is 19.2. The first-order valence-electron chi connectivity index (χ1n) is 13.1. The average Bonchev–Trinajstić information content (AvgIpc) is 3.02. The third-order valence-electron chi connectivity index (χ3n) is 10.6. The molecule has 4 heteroatoms. The molecule has 3 aromatic rings. The van der Waals surface area contributed by atoms with E-state index >= 15 is 0 Å². The van der Waals surface area contributed by atoms with E-state index in [1.165, 1.54) is 16.7 Å². The number of rotatable bonds is 2. The van der Waals surface area contributed by atoms with Crippen LogP contribution in [0.5, 0.6) is 0 Å². The highest BCUT2D eigenvalue weighted by Crippen LogP contribution is 2.63. The molecule has 3 aliphatic rings. The van der Waals surface area contributed by atoms with Gasteiger partial charge >= 0.3 is 0 Å². The number of hydrogen-bond acceptors (Lipinski definition) is 3. The molecule has 2 aliphatic carbocycles. The van der Waals surface area contributed by atoms with Gasteiger partial charge < -0.3 is 0 Å². The Morgan fingerprint density at radius 3 is 2.16 bits per heavy atom. The van der Waals surface area contributed by atoms with Gasteiger partial charge in [0, 0.05) is 22.7 Å². The van der Waals surface area contributed by atoms with Crippen LogP contribution in [-0.2, 0) is 16.2 Å². The second kappa shape index (κ2) is 7.96. The molecule has 1 aliphatic heterocycles. The van der Waals surface area contributed by atoms with Gasteiger partial charge in [0.25, 0.3) is 0 Å². The van der Waals surface area contributed by atoms with E-state index in [0.29, 0.717) is 5.56 Å². The number of nitrogens with one attached hydrogen (secondary N) is 1. The smallest absolute Gasteiger partial charge is 0.107 e. The van der Waals surface area contributed by atoms with Gasteiger partial charge in [0.1, 0.15) is 6.34 Å². The summed E-state index contributed by atoms with van der Waals surface area (Å²) in [4.78, 5) is 9.55. The van der Waals surface area contributed by atoms with Crippen LogP contribution in [0.4, 0.5) is 0 Å². The molecule has 1 N–H and O–H groups in total. The Hall–Kier alpha value is -3.58. The lowest BCUT2D eigenvalue weighted by Crippen LogP contribution is -2.42. The van der Waals surface area contributed by atoms with Gasteiger partial charge in [-0.3, -0.25) is 10.4 Å². The van der Waals surface area contributed by atoms with E-state index in [9.17, 15) is 5.26 Å². The third kappa shape index (κ3) is 3.10. The Labute approximate surface area is 221 Å². The normalized spacial score (nSPS) is 25.4. The molecule has 0 saturated heterocycles. The highest BCUT2D eigenvalue weighted by Gasteiger charge is 2.57. The fraction of sp³-hybridized carbons (Fsp3) is 0.394. The van der Waals surface area contributed by atoms with Crippen LogP contribution in [0.2, 0.25) is 0 Å². The minimum Gasteiger partial charge on any atom is -0.290 e. The second-order valence-corrected chi connectivity index (χ2v) is 12.5. The summed E-state index contributed by atoms with van der Waals surface area (Å²) in [7, 11) is 0. The van der Waals surface area contributed by atoms with Crippen LogP contribution in [-0.4, -0.2) is 17.0 Å². The van der Waals surface area contributed by atoms with Gasteiger partial charge in [0.05, 0.1) is 23.0 Å². The van der Waals surface area contributed by atoms with Gasteiger partial charge in [-0.15, -0.1) is 0 Å². The monoisotopic (exact) mass is 488 g/mol. The summed E-state index contributed by atoms with van der Waals surface area (Å²) in [5.74, 6) is -0.0461. The van der Waals surface area contributed by atoms with Crippen molar-refractivity contribution in [3.8, 4) is 17.3 Å². The van der Waals surface area contributed by atoms with Gasteiger partial charge in [-0.25, -0.2) is 4.99 Å². The topological polar surface area (TPSA) is 72.9 Å². The quantitative estimate of drug-likeness (QED) is 0.297. The maximum absolute atomic E-state index is 10.1. The first-order chi connectivity index (χ1) is 17.3. The average molecular weight is 489 g/mol. The van der Waals surface area contributed by atoms with Gasteiger partial charge in [-0.1, -0.05) is 72.7 Å². The van der Waals surface area contributed by atoms with Gasteiger partial charge in [0.15, 0.2) is 0 Å². The van der Waals surface area contributed by atoms with E-state index < -0.39 is 5.41 Å². The van der Waals surface area contributed by atoms with Crippen molar-refractivity contribution in [1.82, 2.24) is 4.98 Å². The maximum Gasteiger partial charge on any atom is 0.107 e. The van der Waals surface area contributed by atoms with Crippen LogP contribution in [0.25, 0.3) is 11.3 Å². The van der Waals surface area contributed by atoms with E-state index in [2.05, 4.69) is 90.7 Å². The molecule has 0 radical (unpaired) electrons. The molecule has 2 atom stereocenters. The molecule has 4 nitrogen and oxygen atoms in total. The minimum atomic E-state index is -0.674. The van der Waals surface area contributed by atoms with Crippen molar-refractivity contribution in [2.75, 3.05) is 0 Å². The van der Waals surface area contributed by atoms with E-state index in [1.807, 2.05) is 30.5 Å². The first kappa shape index (κ1) is 25.1. The number of fused-ring (bicyclic) bond motifs is 5. The lowest BCUT2D eigenvalue weighted by molar-refractivity contribution is 0.125. The van der Waals surface area contributed by atoms with Crippen molar-refractivity contribution in [2.45, 2.75) is 77.6 Å². The number of aliphatic imine (C=N–C) groups is 1. The van der Waals surface area contributed by atoms with Crippen molar-refractivity contribution >= 4 is 12.1 Å². The lowest BCUT2D eigenvalue weighted by Gasteiger charge is -2.44. The third-order valence-corrected chi connectivity index (χ3v) is 10.6. The summed E-state index contributed by atoms with van der Waals surface area (Å²) in [6.07, 6.45) is 2.98. The largest absolute Gasteiger partial charge is 0.290 e. The van der Waals surface area contributed by atoms with Crippen LogP contribution in [0.1, 0.15) is 94.7 Å². The Kier molecular flexibility index (Phi) is 5.40. The maximum atomic E-state index is 10.1. The van der Waals surface area contributed by atoms with Crippen molar-refractivity contribution < 1.29 is 0 Å². The van der Waals surface area contributed by atoms with Gasteiger partial charge in [0.2, 0.25) is 0 Å². The zero-order valence-electron chi connectivity index (χ0n) is 23.2. The molecule has 188 valence electrons. The van der Waals surface area contributed by atoms with Crippen LogP contribution >= 0.6 is 0 Å². The van der Waals surface area contributed by atoms with E-state index in [1.54, 1.807) is 0 Å². The highest BCUT2D eigenvalue weighted by molar-refractivity contribution is 6.11. The molecule has 37 heavy (non-hydrogen) atoms. The molecule has 0 amide bonds. The summed E-state index contributed by atoms with van der Waals surface area (Å²) >= 11 is 0. The van der Waals surface area contributed by atoms with Crippen molar-refractivity contribution in [3.63, 3.8) is 0 Å². The number of pyridine rings is 1. The molecule has 2 aromatic carbocycles. The predicted octanol–water partition coefficient (Wildman–Crippen LogP) is 7.69. The summed E-state index contributed by atoms with van der Waals surface area (Å²) in [5.41, 5.74) is 8.52. The number of nitrogens with zero attached hydrogens (tertiary/aromatic N) is 3. The SMILES string of the molecule is CC1c2cc3c(cc2-c2ccc(cn2)/C(=N/C=N)C1(C)c1ccccc1C#N)C(C)(C)C(C)(C)C3(C)C. The summed E-state index contributed by atoms with van der Waals surface area (Å²) in [5, 5.41) is 18.0. The Balaban J connectivity index is 1.92. The molecular formula is C33H36N4. The van der Waals surface area contributed by atoms with Crippen molar-refractivity contribution in [1.29, 1.82) is 10.7 Å². The van der Waals surface area contributed by atoms with E-state index in [-0.39, 0.29) is 22.2 Å². The van der Waals surface area contributed by atoms with Crippen molar-refractivity contribution in [3.05, 3.63) is 88.1 Å². The molecule has 2 unspecified atom stereocenters. The Morgan fingerprint density at radius 2 is 1.57 bits per heavy atom. The minimum absolute atomic E-state index is 0.0218. The molecule has 2 heterocycles. The molecule has 2 bridgehead atoms. The summed E-state index contributed by atoms with van der Waals surface area (Å²) in [6.45, 7) is 18.6. The zero-order chi connectivity index (χ0) is 27.0. The fourth-order valence-electron chi connectivity index (χ4n) is 6.86. The van der Waals surface area contributed by atoms with Crippen molar-refractivity contribution in [2.24, 2.45) is 10.4 Å². The molecule has 0 saturated carbocycles. The second-order valence-electron chi connectivity index (χ2n) is 12.5. The molecule has 0 spiro atoms. The van der Waals surface area contributed by atoms with Gasteiger partial charge in [-0.05, 0) is 75.6 Å². The summed E-state index contributed by atoms with van der Waals surface area (Å²) < 4.78 is 0. The Bertz CT molecular complexity index is 1500. The zero-order valence-corrected chi connectivity index (χ0v) is 23.2. The highest BCUT2D eigenvalue weighted by atomic mass is 14.8. The van der Waals surface area contributed by atoms with Crippen LogP contribution < -0.4 is 0 Å².